The molecule has 1 unspecified atom stereocenters. The molecular weight excluding hydrogens is 410 g/mol. The zero-order valence-electron chi connectivity index (χ0n) is 18.1. The summed E-state index contributed by atoms with van der Waals surface area (Å²) in [6.07, 6.45) is 4.21. The third kappa shape index (κ3) is 4.85. The van der Waals surface area contributed by atoms with Gasteiger partial charge in [0.25, 0.3) is 0 Å². The van der Waals surface area contributed by atoms with Crippen molar-refractivity contribution < 1.29 is 17.6 Å². The molecule has 4 rings (SSSR count). The number of hydrogen-bond acceptors (Lipinski definition) is 4. The molecule has 6 heteroatoms. The lowest BCUT2D eigenvalue weighted by Crippen LogP contribution is -2.41. The van der Waals surface area contributed by atoms with Crippen molar-refractivity contribution in [2.75, 3.05) is 11.5 Å². The molecule has 1 aromatic heterocycles. The molecule has 1 amide bonds. The Morgan fingerprint density at radius 1 is 1.03 bits per heavy atom. The fourth-order valence-electron chi connectivity index (χ4n) is 4.27. The van der Waals surface area contributed by atoms with Gasteiger partial charge in [0.15, 0.2) is 9.84 Å². The first-order valence-electron chi connectivity index (χ1n) is 10.9. The molecule has 2 heterocycles. The smallest absolute Gasteiger partial charge is 0.227 e. The number of hydrogen-bond donors (Lipinski definition) is 0. The summed E-state index contributed by atoms with van der Waals surface area (Å²) in [6.45, 7) is 4.62. The lowest BCUT2D eigenvalue weighted by atomic mass is 10.0. The van der Waals surface area contributed by atoms with Crippen LogP contribution in [0.4, 0.5) is 0 Å². The number of rotatable bonds is 7. The van der Waals surface area contributed by atoms with Gasteiger partial charge in [-0.05, 0) is 48.1 Å². The summed E-state index contributed by atoms with van der Waals surface area (Å²) < 4.78 is 29.9. The molecule has 31 heavy (non-hydrogen) atoms. The van der Waals surface area contributed by atoms with Gasteiger partial charge in [0, 0.05) is 23.5 Å². The summed E-state index contributed by atoms with van der Waals surface area (Å²) in [6, 6.07) is 14.0. The third-order valence-electron chi connectivity index (χ3n) is 6.22. The number of amides is 1. The number of nitrogens with zero attached hydrogens (tertiary/aromatic N) is 1. The van der Waals surface area contributed by atoms with Crippen molar-refractivity contribution in [3.05, 3.63) is 71.0 Å². The van der Waals surface area contributed by atoms with Gasteiger partial charge in [-0.15, -0.1) is 0 Å². The van der Waals surface area contributed by atoms with Crippen LogP contribution in [0.1, 0.15) is 42.5 Å². The van der Waals surface area contributed by atoms with Gasteiger partial charge in [-0.2, -0.15) is 0 Å². The van der Waals surface area contributed by atoms with Gasteiger partial charge in [0.05, 0.1) is 24.2 Å². The Labute approximate surface area is 184 Å². The van der Waals surface area contributed by atoms with Crippen molar-refractivity contribution in [1.82, 2.24) is 4.90 Å². The van der Waals surface area contributed by atoms with Gasteiger partial charge in [0.2, 0.25) is 5.91 Å². The summed E-state index contributed by atoms with van der Waals surface area (Å²) >= 11 is 0. The van der Waals surface area contributed by atoms with Crippen LogP contribution in [0.2, 0.25) is 0 Å². The summed E-state index contributed by atoms with van der Waals surface area (Å²) in [5, 5.41) is 0.957. The molecule has 0 aliphatic carbocycles. The maximum Gasteiger partial charge on any atom is 0.227 e. The minimum absolute atomic E-state index is 0.0396. The first kappa shape index (κ1) is 21.6. The van der Waals surface area contributed by atoms with Crippen molar-refractivity contribution in [1.29, 1.82) is 0 Å². The maximum atomic E-state index is 13.4. The summed E-state index contributed by atoms with van der Waals surface area (Å²) in [5.74, 6) is 0.120. The van der Waals surface area contributed by atoms with Gasteiger partial charge in [-0.3, -0.25) is 4.79 Å². The number of fused-ring (bicyclic) bond motifs is 1. The average Bonchev–Trinajstić information content (AvgIpc) is 3.34. The molecule has 1 saturated heterocycles. The van der Waals surface area contributed by atoms with Crippen LogP contribution in [0.25, 0.3) is 11.0 Å². The Bertz CT molecular complexity index is 1180. The number of furan rings is 1. The molecule has 1 aliphatic rings. The van der Waals surface area contributed by atoms with E-state index < -0.39 is 9.84 Å². The molecule has 0 saturated carbocycles. The van der Waals surface area contributed by atoms with Gasteiger partial charge in [-0.1, -0.05) is 44.2 Å². The quantitative estimate of drug-likeness (QED) is 0.550. The zero-order valence-corrected chi connectivity index (χ0v) is 19.0. The van der Waals surface area contributed by atoms with E-state index in [1.54, 1.807) is 11.2 Å². The highest BCUT2D eigenvalue weighted by Gasteiger charge is 2.34. The minimum atomic E-state index is -3.10. The minimum Gasteiger partial charge on any atom is -0.464 e. The molecule has 3 aromatic rings. The van der Waals surface area contributed by atoms with E-state index in [0.29, 0.717) is 13.0 Å². The standard InChI is InChI=1S/C25H29NO4S/c1-3-18-5-7-20(8-6-18)15-26(22-11-12-31(28,29)17-22)25(27)14-21-16-30-24-10-9-19(4-2)13-23(21)24/h5-10,13,16,22H,3-4,11-12,14-15,17H2,1-2H3. The highest BCUT2D eigenvalue weighted by molar-refractivity contribution is 7.91. The van der Waals surface area contributed by atoms with E-state index in [1.165, 1.54) is 11.1 Å². The molecule has 5 nitrogen and oxygen atoms in total. The number of sulfone groups is 1. The number of carbonyl (C=O) groups excluding carboxylic acids is 1. The highest BCUT2D eigenvalue weighted by atomic mass is 32.2. The van der Waals surface area contributed by atoms with Crippen LogP contribution >= 0.6 is 0 Å². The van der Waals surface area contributed by atoms with Crippen LogP contribution in [0.5, 0.6) is 0 Å². The van der Waals surface area contributed by atoms with Gasteiger partial charge >= 0.3 is 0 Å². The summed E-state index contributed by atoms with van der Waals surface area (Å²) in [4.78, 5) is 15.2. The fourth-order valence-corrected chi connectivity index (χ4v) is 6.00. The Kier molecular flexibility index (Phi) is 6.19. The fraction of sp³-hybridized carbons (Fsp3) is 0.400. The largest absolute Gasteiger partial charge is 0.464 e. The summed E-state index contributed by atoms with van der Waals surface area (Å²) in [5.41, 5.74) is 5.06. The van der Waals surface area contributed by atoms with E-state index in [-0.39, 0.29) is 29.9 Å². The van der Waals surface area contributed by atoms with Crippen molar-refractivity contribution in [2.45, 2.75) is 52.1 Å². The SMILES string of the molecule is CCc1ccc(CN(C(=O)Cc2coc3ccc(CC)cc23)C2CCS(=O)(=O)C2)cc1. The molecule has 1 aliphatic heterocycles. The van der Waals surface area contributed by atoms with Crippen LogP contribution in [0.3, 0.4) is 0 Å². The van der Waals surface area contributed by atoms with E-state index in [4.69, 9.17) is 4.42 Å². The first-order valence-corrected chi connectivity index (χ1v) is 12.8. The molecule has 0 bridgehead atoms. The number of aryl methyl sites for hydroxylation is 2. The molecule has 0 radical (unpaired) electrons. The topological polar surface area (TPSA) is 67.6 Å². The molecule has 2 aromatic carbocycles. The second-order valence-corrected chi connectivity index (χ2v) is 10.6. The van der Waals surface area contributed by atoms with E-state index >= 15 is 0 Å². The average molecular weight is 440 g/mol. The van der Waals surface area contributed by atoms with Crippen molar-refractivity contribution >= 4 is 26.7 Å². The number of benzene rings is 2. The van der Waals surface area contributed by atoms with Gasteiger partial charge in [0.1, 0.15) is 5.58 Å². The van der Waals surface area contributed by atoms with E-state index in [1.807, 2.05) is 24.3 Å². The number of carbonyl (C=O) groups is 1. The molecule has 1 atom stereocenters. The Balaban J connectivity index is 1.60. The third-order valence-corrected chi connectivity index (χ3v) is 7.97. The predicted molar refractivity (Wildman–Crippen MR) is 123 cm³/mol. The van der Waals surface area contributed by atoms with E-state index in [9.17, 15) is 13.2 Å². The lowest BCUT2D eigenvalue weighted by Gasteiger charge is -2.28. The molecule has 0 N–H and O–H groups in total. The predicted octanol–water partition coefficient (Wildman–Crippen LogP) is 4.32. The normalized spacial score (nSPS) is 17.8. The molecule has 0 spiro atoms. The van der Waals surface area contributed by atoms with Crippen LogP contribution in [0.15, 0.2) is 53.1 Å². The van der Waals surface area contributed by atoms with Crippen molar-refractivity contribution in [3.63, 3.8) is 0 Å². The lowest BCUT2D eigenvalue weighted by molar-refractivity contribution is -0.133. The Hall–Kier alpha value is -2.60. The first-order chi connectivity index (χ1) is 14.9. The van der Waals surface area contributed by atoms with Crippen LogP contribution in [-0.4, -0.2) is 36.8 Å². The van der Waals surface area contributed by atoms with Crippen LogP contribution in [-0.2, 0) is 40.4 Å². The van der Waals surface area contributed by atoms with E-state index in [2.05, 4.69) is 32.0 Å². The zero-order chi connectivity index (χ0) is 22.0. The van der Waals surface area contributed by atoms with Crippen molar-refractivity contribution in [2.24, 2.45) is 0 Å². The second-order valence-electron chi connectivity index (χ2n) is 8.37. The highest BCUT2D eigenvalue weighted by Crippen LogP contribution is 2.26. The monoisotopic (exact) mass is 439 g/mol. The molecular formula is C25H29NO4S. The molecule has 1 fully saturated rings. The Morgan fingerprint density at radius 3 is 2.35 bits per heavy atom. The summed E-state index contributed by atoms with van der Waals surface area (Å²) in [7, 11) is -3.10. The second kappa shape index (κ2) is 8.87. The Morgan fingerprint density at radius 2 is 1.71 bits per heavy atom. The van der Waals surface area contributed by atoms with Gasteiger partial charge < -0.3 is 9.32 Å². The van der Waals surface area contributed by atoms with Crippen molar-refractivity contribution in [3.8, 4) is 0 Å². The van der Waals surface area contributed by atoms with Crippen LogP contribution in [0, 0.1) is 0 Å². The maximum absolute atomic E-state index is 13.4. The molecule has 164 valence electrons. The van der Waals surface area contributed by atoms with Crippen LogP contribution < -0.4 is 0 Å². The van der Waals surface area contributed by atoms with Gasteiger partial charge in [-0.25, -0.2) is 8.42 Å². The van der Waals surface area contributed by atoms with E-state index in [0.717, 1.165) is 34.9 Å².